The van der Waals surface area contributed by atoms with Crippen molar-refractivity contribution in [2.75, 3.05) is 0 Å². The molecule has 0 spiro atoms. The van der Waals surface area contributed by atoms with Gasteiger partial charge in [-0.3, -0.25) is 28.2 Å². The lowest BCUT2D eigenvalue weighted by Gasteiger charge is -2.43. The number of carbonyl (C=O) groups excluding carboxylic acids is 1. The number of aliphatic hydroxyl groups is 1. The first-order chi connectivity index (χ1) is 19.8. The first kappa shape index (κ1) is 27.2. The number of carbonyl (C=O) groups is 1. The Bertz CT molecular complexity index is 1620. The smallest absolute Gasteiger partial charge is 0.332 e. The van der Waals surface area contributed by atoms with E-state index in [4.69, 9.17) is 4.74 Å². The van der Waals surface area contributed by atoms with Crippen molar-refractivity contribution in [3.63, 3.8) is 0 Å². The number of aromatic nitrogens is 4. The molecule has 2 bridgehead atoms. The van der Waals surface area contributed by atoms with Gasteiger partial charge in [0.25, 0.3) is 5.56 Å². The first-order valence-electron chi connectivity index (χ1n) is 14.1. The van der Waals surface area contributed by atoms with Crippen LogP contribution in [-0.4, -0.2) is 58.9 Å². The van der Waals surface area contributed by atoms with Crippen LogP contribution in [0.1, 0.15) is 55.9 Å². The van der Waals surface area contributed by atoms with E-state index in [9.17, 15) is 19.5 Å². The van der Waals surface area contributed by atoms with E-state index in [1.807, 2.05) is 67.6 Å². The second-order valence-electron chi connectivity index (χ2n) is 11.3. The van der Waals surface area contributed by atoms with Crippen LogP contribution < -0.4 is 11.2 Å². The molecule has 41 heavy (non-hydrogen) atoms. The van der Waals surface area contributed by atoms with Gasteiger partial charge in [0.2, 0.25) is 0 Å². The number of aryl methyl sites for hydroxylation is 1. The van der Waals surface area contributed by atoms with Crippen molar-refractivity contribution in [3.8, 4) is 0 Å². The lowest BCUT2D eigenvalue weighted by molar-refractivity contribution is -0.155. The minimum atomic E-state index is -1.05. The van der Waals surface area contributed by atoms with Crippen molar-refractivity contribution in [2.45, 2.75) is 69.0 Å². The van der Waals surface area contributed by atoms with Gasteiger partial charge in [-0.2, -0.15) is 0 Å². The van der Waals surface area contributed by atoms with E-state index < -0.39 is 23.4 Å². The number of rotatable bonds is 7. The van der Waals surface area contributed by atoms with Crippen molar-refractivity contribution >= 4 is 17.1 Å². The fourth-order valence-corrected chi connectivity index (χ4v) is 6.86. The molecule has 0 aliphatic carbocycles. The number of aliphatic hydroxyl groups excluding tert-OH is 1. The maximum atomic E-state index is 13.6. The molecule has 4 heterocycles. The van der Waals surface area contributed by atoms with Gasteiger partial charge in [0.1, 0.15) is 18.2 Å². The fourth-order valence-electron chi connectivity index (χ4n) is 6.86. The van der Waals surface area contributed by atoms with E-state index in [-0.39, 0.29) is 41.4 Å². The van der Waals surface area contributed by atoms with Gasteiger partial charge >= 0.3 is 11.7 Å². The van der Waals surface area contributed by atoms with Crippen molar-refractivity contribution in [1.29, 1.82) is 0 Å². The molecule has 4 unspecified atom stereocenters. The number of fused-ring (bicyclic) bond motifs is 3. The van der Waals surface area contributed by atoms with Crippen molar-refractivity contribution in [2.24, 2.45) is 14.1 Å². The molecule has 6 rings (SSSR count). The molecular formula is C31H35N5O5. The molecule has 4 atom stereocenters. The highest BCUT2D eigenvalue weighted by atomic mass is 16.5. The third kappa shape index (κ3) is 4.70. The van der Waals surface area contributed by atoms with Crippen LogP contribution >= 0.6 is 0 Å². The van der Waals surface area contributed by atoms with E-state index in [0.29, 0.717) is 12.8 Å². The third-order valence-corrected chi connectivity index (χ3v) is 8.89. The number of hydrogen-bond acceptors (Lipinski definition) is 7. The second-order valence-corrected chi connectivity index (χ2v) is 11.3. The largest absolute Gasteiger partial charge is 0.462 e. The number of nitrogens with zero attached hydrogens (tertiary/aromatic N) is 5. The average Bonchev–Trinajstić information content (AvgIpc) is 3.54. The number of benzene rings is 2. The molecular weight excluding hydrogens is 522 g/mol. The maximum absolute atomic E-state index is 13.6. The quantitative estimate of drug-likeness (QED) is 0.348. The van der Waals surface area contributed by atoms with Crippen LogP contribution in [0.25, 0.3) is 11.2 Å². The molecule has 10 heteroatoms. The van der Waals surface area contributed by atoms with Crippen LogP contribution in [0.3, 0.4) is 0 Å². The average molecular weight is 558 g/mol. The van der Waals surface area contributed by atoms with Gasteiger partial charge in [0, 0.05) is 39.0 Å². The summed E-state index contributed by atoms with van der Waals surface area (Å²) in [5.41, 5.74) is 1.27. The molecule has 4 aromatic rings. The van der Waals surface area contributed by atoms with E-state index in [1.165, 1.54) is 22.5 Å². The summed E-state index contributed by atoms with van der Waals surface area (Å²) in [7, 11) is 2.98. The Balaban J connectivity index is 1.20. The van der Waals surface area contributed by atoms with Gasteiger partial charge in [-0.1, -0.05) is 60.7 Å². The Hall–Kier alpha value is -4.02. The van der Waals surface area contributed by atoms with Crippen LogP contribution in [0.5, 0.6) is 0 Å². The number of hydrogen-bond donors (Lipinski definition) is 1. The molecule has 0 saturated carbocycles. The summed E-state index contributed by atoms with van der Waals surface area (Å²) in [6.07, 6.45) is 3.40. The lowest BCUT2D eigenvalue weighted by Crippen LogP contribution is -2.52. The molecule has 1 N–H and O–H groups in total. The molecule has 10 nitrogen and oxygen atoms in total. The topological polar surface area (TPSA) is 112 Å². The molecule has 2 aromatic heterocycles. The van der Waals surface area contributed by atoms with Gasteiger partial charge < -0.3 is 9.84 Å². The molecule has 2 aliphatic heterocycles. The molecule has 2 saturated heterocycles. The van der Waals surface area contributed by atoms with Crippen molar-refractivity contribution in [3.05, 3.63) is 99.0 Å². The monoisotopic (exact) mass is 557 g/mol. The van der Waals surface area contributed by atoms with Gasteiger partial charge in [-0.25, -0.2) is 9.78 Å². The van der Waals surface area contributed by atoms with Crippen LogP contribution in [0, 0.1) is 0 Å². The zero-order chi connectivity index (χ0) is 28.8. The molecule has 2 fully saturated rings. The first-order valence-corrected chi connectivity index (χ1v) is 14.1. The predicted octanol–water partition coefficient (Wildman–Crippen LogP) is 2.68. The minimum Gasteiger partial charge on any atom is -0.462 e. The van der Waals surface area contributed by atoms with E-state index in [2.05, 4.69) is 9.88 Å². The molecule has 0 radical (unpaired) electrons. The Morgan fingerprint density at radius 1 is 0.927 bits per heavy atom. The lowest BCUT2D eigenvalue weighted by atomic mass is 9.91. The Morgan fingerprint density at radius 3 is 2.05 bits per heavy atom. The number of esters is 1. The summed E-state index contributed by atoms with van der Waals surface area (Å²) < 4.78 is 10.0. The van der Waals surface area contributed by atoms with Crippen LogP contribution in [-0.2, 0) is 23.6 Å². The zero-order valence-electron chi connectivity index (χ0n) is 23.5. The number of ether oxygens (including phenoxy) is 1. The Morgan fingerprint density at radius 2 is 1.49 bits per heavy atom. The van der Waals surface area contributed by atoms with Crippen LogP contribution in [0.15, 0.2) is 76.6 Å². The summed E-state index contributed by atoms with van der Waals surface area (Å²) in [6.45, 7) is 1.95. The highest BCUT2D eigenvalue weighted by Crippen LogP contribution is 2.41. The highest BCUT2D eigenvalue weighted by molar-refractivity contribution is 5.82. The van der Waals surface area contributed by atoms with Gasteiger partial charge in [0.05, 0.1) is 12.4 Å². The van der Waals surface area contributed by atoms with Gasteiger partial charge in [-0.15, -0.1) is 0 Å². The predicted molar refractivity (Wildman–Crippen MR) is 153 cm³/mol. The summed E-state index contributed by atoms with van der Waals surface area (Å²) in [6, 6.07) is 19.4. The van der Waals surface area contributed by atoms with E-state index >= 15 is 0 Å². The van der Waals surface area contributed by atoms with Crippen molar-refractivity contribution < 1.29 is 14.6 Å². The van der Waals surface area contributed by atoms with Crippen LogP contribution in [0.4, 0.5) is 0 Å². The van der Waals surface area contributed by atoms with Crippen LogP contribution in [0.2, 0.25) is 0 Å². The highest BCUT2D eigenvalue weighted by Gasteiger charge is 2.46. The minimum absolute atomic E-state index is 0.130. The third-order valence-electron chi connectivity index (χ3n) is 8.89. The standard InChI is InChI=1S/C31H35N5O5/c1-19(28(37)35-18-32-27-26(35)29(38)34(3)31(40)33(27)2)36-22-14-15-23(36)17-24(16-22)41-30(39)25(20-10-6-4-7-11-20)21-12-8-5-9-13-21/h4-13,18-19,22-25,28,37H,14-17H2,1-3H3. The number of imidazole rings is 1. The normalized spacial score (nSPS) is 22.2. The van der Waals surface area contributed by atoms with Crippen molar-refractivity contribution in [1.82, 2.24) is 23.6 Å². The summed E-state index contributed by atoms with van der Waals surface area (Å²) in [5.74, 6) is -0.749. The number of piperidine rings is 1. The zero-order valence-corrected chi connectivity index (χ0v) is 23.5. The van der Waals surface area contributed by atoms with E-state index in [1.54, 1.807) is 7.05 Å². The summed E-state index contributed by atoms with van der Waals surface area (Å²) in [4.78, 5) is 45.5. The van der Waals surface area contributed by atoms with E-state index in [0.717, 1.165) is 28.5 Å². The summed E-state index contributed by atoms with van der Waals surface area (Å²) >= 11 is 0. The van der Waals surface area contributed by atoms with Gasteiger partial charge in [0.15, 0.2) is 11.2 Å². The second kappa shape index (κ2) is 10.8. The van der Waals surface area contributed by atoms with Gasteiger partial charge in [-0.05, 0) is 30.9 Å². The molecule has 214 valence electrons. The SMILES string of the molecule is CC(C(O)n1cnc2c1c(=O)n(C)c(=O)n2C)N1C2CCC1CC(OC(=O)C(c1ccccc1)c1ccccc1)C2. The summed E-state index contributed by atoms with van der Waals surface area (Å²) in [5, 5.41) is 11.5. The Kier molecular flexibility index (Phi) is 7.13. The molecule has 2 aliphatic rings. The maximum Gasteiger partial charge on any atom is 0.332 e. The molecule has 0 amide bonds. The fraction of sp³-hybridized carbons (Fsp3) is 0.419. The molecule has 2 aromatic carbocycles. The Labute approximate surface area is 237 Å².